The highest BCUT2D eigenvalue weighted by Gasteiger charge is 2.19. The number of benzene rings is 2. The van der Waals surface area contributed by atoms with E-state index in [4.69, 9.17) is 9.15 Å². The van der Waals surface area contributed by atoms with Gasteiger partial charge in [0.1, 0.15) is 5.75 Å². The van der Waals surface area contributed by atoms with Crippen LogP contribution in [0, 0.1) is 0 Å². The summed E-state index contributed by atoms with van der Waals surface area (Å²) >= 11 is 3.44. The van der Waals surface area contributed by atoms with Gasteiger partial charge in [-0.1, -0.05) is 28.1 Å². The van der Waals surface area contributed by atoms with Crippen LogP contribution in [0.15, 0.2) is 57.4 Å². The molecule has 152 valence electrons. The second kappa shape index (κ2) is 9.52. The Kier molecular flexibility index (Phi) is 6.59. The van der Waals surface area contributed by atoms with E-state index in [1.807, 2.05) is 36.4 Å². The molecule has 29 heavy (non-hydrogen) atoms. The lowest BCUT2D eigenvalue weighted by atomic mass is 10.1. The predicted octanol–water partition coefficient (Wildman–Crippen LogP) is 3.87. The number of ether oxygens (including phenoxy) is 1. The molecule has 6 nitrogen and oxygen atoms in total. The maximum Gasteiger partial charge on any atom is 0.247 e. The second-order valence-electron chi connectivity index (χ2n) is 7.22. The molecule has 0 atom stereocenters. The van der Waals surface area contributed by atoms with Gasteiger partial charge in [0, 0.05) is 42.8 Å². The first kappa shape index (κ1) is 20.1. The van der Waals surface area contributed by atoms with Crippen molar-refractivity contribution >= 4 is 15.9 Å². The van der Waals surface area contributed by atoms with Crippen LogP contribution in [0.4, 0.5) is 0 Å². The first-order valence-electron chi connectivity index (χ1n) is 9.85. The van der Waals surface area contributed by atoms with Crippen LogP contribution in [0.5, 0.6) is 5.75 Å². The van der Waals surface area contributed by atoms with Crippen molar-refractivity contribution in [1.82, 2.24) is 20.0 Å². The zero-order valence-electron chi connectivity index (χ0n) is 16.6. The maximum atomic E-state index is 5.86. The van der Waals surface area contributed by atoms with E-state index < -0.39 is 0 Å². The third-order valence-corrected chi connectivity index (χ3v) is 5.79. The summed E-state index contributed by atoms with van der Waals surface area (Å²) in [5.41, 5.74) is 2.29. The van der Waals surface area contributed by atoms with E-state index in [-0.39, 0.29) is 0 Å². The first-order chi connectivity index (χ1) is 14.2. The van der Waals surface area contributed by atoms with Gasteiger partial charge in [0.25, 0.3) is 0 Å². The molecule has 0 aliphatic carbocycles. The molecular formula is C22H25BrN4O2. The van der Waals surface area contributed by atoms with Gasteiger partial charge >= 0.3 is 0 Å². The van der Waals surface area contributed by atoms with Gasteiger partial charge < -0.3 is 14.1 Å². The smallest absolute Gasteiger partial charge is 0.247 e. The van der Waals surface area contributed by atoms with Crippen molar-refractivity contribution in [2.75, 3.05) is 39.8 Å². The fourth-order valence-corrected chi connectivity index (χ4v) is 3.73. The summed E-state index contributed by atoms with van der Waals surface area (Å²) < 4.78 is 12.1. The molecule has 1 aromatic heterocycles. The fourth-order valence-electron chi connectivity index (χ4n) is 3.47. The summed E-state index contributed by atoms with van der Waals surface area (Å²) in [6, 6.07) is 16.3. The van der Waals surface area contributed by atoms with Crippen molar-refractivity contribution in [3.8, 4) is 17.2 Å². The number of hydrogen-bond donors (Lipinski definition) is 0. The molecule has 3 aromatic rings. The molecule has 0 radical (unpaired) electrons. The summed E-state index contributed by atoms with van der Waals surface area (Å²) in [6.45, 7) is 5.93. The van der Waals surface area contributed by atoms with Crippen LogP contribution >= 0.6 is 15.9 Å². The van der Waals surface area contributed by atoms with Crippen molar-refractivity contribution in [2.24, 2.45) is 0 Å². The highest BCUT2D eigenvalue weighted by Crippen LogP contribution is 2.21. The minimum Gasteiger partial charge on any atom is -0.497 e. The van der Waals surface area contributed by atoms with E-state index >= 15 is 0 Å². The number of rotatable bonds is 7. The van der Waals surface area contributed by atoms with Crippen molar-refractivity contribution < 1.29 is 9.15 Å². The van der Waals surface area contributed by atoms with E-state index in [9.17, 15) is 0 Å². The average molecular weight is 457 g/mol. The molecule has 2 heterocycles. The third kappa shape index (κ3) is 5.44. The quantitative estimate of drug-likeness (QED) is 0.537. The van der Waals surface area contributed by atoms with E-state index in [1.165, 1.54) is 5.56 Å². The van der Waals surface area contributed by atoms with Gasteiger partial charge in [-0.15, -0.1) is 10.2 Å². The number of methoxy groups -OCH3 is 1. The maximum absolute atomic E-state index is 5.86. The van der Waals surface area contributed by atoms with Crippen LogP contribution in [0.3, 0.4) is 0 Å². The standard InChI is InChI=1S/C22H25BrN4O2/c1-28-20-8-2-17(3-9-20)10-11-26-12-14-27(15-13-26)16-21-24-25-22(29-21)18-4-6-19(23)7-5-18/h2-9H,10-16H2,1H3. The summed E-state index contributed by atoms with van der Waals surface area (Å²) in [5.74, 6) is 2.16. The molecule has 0 spiro atoms. The molecular weight excluding hydrogens is 432 g/mol. The molecule has 0 unspecified atom stereocenters. The van der Waals surface area contributed by atoms with Crippen LogP contribution in [0.25, 0.3) is 11.5 Å². The average Bonchev–Trinajstić information content (AvgIpc) is 3.22. The van der Waals surface area contributed by atoms with Gasteiger partial charge in [-0.25, -0.2) is 0 Å². The van der Waals surface area contributed by atoms with Gasteiger partial charge in [-0.3, -0.25) is 4.90 Å². The molecule has 1 aliphatic rings. The Hall–Kier alpha value is -2.22. The molecule has 0 saturated carbocycles. The zero-order valence-corrected chi connectivity index (χ0v) is 18.1. The molecule has 1 aliphatic heterocycles. The second-order valence-corrected chi connectivity index (χ2v) is 8.14. The highest BCUT2D eigenvalue weighted by molar-refractivity contribution is 9.10. The van der Waals surface area contributed by atoms with Crippen molar-refractivity contribution in [3.05, 3.63) is 64.5 Å². The summed E-state index contributed by atoms with van der Waals surface area (Å²) in [7, 11) is 1.70. The minimum atomic E-state index is 0.575. The Morgan fingerprint density at radius 1 is 0.931 bits per heavy atom. The number of hydrogen-bond acceptors (Lipinski definition) is 6. The predicted molar refractivity (Wildman–Crippen MR) is 116 cm³/mol. The Bertz CT molecular complexity index is 903. The zero-order chi connectivity index (χ0) is 20.1. The summed E-state index contributed by atoms with van der Waals surface area (Å²) in [4.78, 5) is 4.89. The molecule has 1 saturated heterocycles. The summed E-state index contributed by atoms with van der Waals surface area (Å²) in [6.07, 6.45) is 1.06. The monoisotopic (exact) mass is 456 g/mol. The number of piperazine rings is 1. The lowest BCUT2D eigenvalue weighted by molar-refractivity contribution is 0.120. The lowest BCUT2D eigenvalue weighted by Crippen LogP contribution is -2.46. The van der Waals surface area contributed by atoms with E-state index in [0.717, 1.165) is 54.9 Å². The van der Waals surface area contributed by atoms with Crippen molar-refractivity contribution in [2.45, 2.75) is 13.0 Å². The van der Waals surface area contributed by atoms with Crippen molar-refractivity contribution in [3.63, 3.8) is 0 Å². The third-order valence-electron chi connectivity index (χ3n) is 5.26. The van der Waals surface area contributed by atoms with Crippen molar-refractivity contribution in [1.29, 1.82) is 0 Å². The molecule has 7 heteroatoms. The number of halogens is 1. The molecule has 0 N–H and O–H groups in total. The topological polar surface area (TPSA) is 54.6 Å². The van der Waals surface area contributed by atoms with E-state index in [0.29, 0.717) is 18.3 Å². The van der Waals surface area contributed by atoms with Gasteiger partial charge in [-0.2, -0.15) is 0 Å². The Balaban J connectivity index is 1.23. The van der Waals surface area contributed by atoms with Crippen LogP contribution < -0.4 is 4.74 Å². The van der Waals surface area contributed by atoms with Gasteiger partial charge in [-0.05, 0) is 48.4 Å². The number of nitrogens with zero attached hydrogens (tertiary/aromatic N) is 4. The summed E-state index contributed by atoms with van der Waals surface area (Å²) in [5, 5.41) is 8.42. The molecule has 1 fully saturated rings. The minimum absolute atomic E-state index is 0.575. The van der Waals surface area contributed by atoms with Gasteiger partial charge in [0.15, 0.2) is 0 Å². The molecule has 0 bridgehead atoms. The Morgan fingerprint density at radius 3 is 2.31 bits per heavy atom. The molecule has 0 amide bonds. The van der Waals surface area contributed by atoms with E-state index in [2.05, 4.69) is 48.1 Å². The van der Waals surface area contributed by atoms with E-state index in [1.54, 1.807) is 7.11 Å². The van der Waals surface area contributed by atoms with Crippen LogP contribution in [-0.4, -0.2) is 59.8 Å². The number of aromatic nitrogens is 2. The largest absolute Gasteiger partial charge is 0.497 e. The Morgan fingerprint density at radius 2 is 1.62 bits per heavy atom. The van der Waals surface area contributed by atoms with Crippen LogP contribution in [-0.2, 0) is 13.0 Å². The van der Waals surface area contributed by atoms with Gasteiger partial charge in [0.05, 0.1) is 13.7 Å². The first-order valence-corrected chi connectivity index (χ1v) is 10.6. The fraction of sp³-hybridized carbons (Fsp3) is 0.364. The SMILES string of the molecule is COc1ccc(CCN2CCN(Cc3nnc(-c4ccc(Br)cc4)o3)CC2)cc1. The highest BCUT2D eigenvalue weighted by atomic mass is 79.9. The lowest BCUT2D eigenvalue weighted by Gasteiger charge is -2.33. The normalized spacial score (nSPS) is 15.5. The molecule has 4 rings (SSSR count). The van der Waals surface area contributed by atoms with Gasteiger partial charge in [0.2, 0.25) is 11.8 Å². The molecule has 2 aromatic carbocycles. The Labute approximate surface area is 179 Å². The van der Waals surface area contributed by atoms with Crippen LogP contribution in [0.1, 0.15) is 11.5 Å². The van der Waals surface area contributed by atoms with Crippen LogP contribution in [0.2, 0.25) is 0 Å².